The van der Waals surface area contributed by atoms with E-state index in [1.165, 1.54) is 0 Å². The number of nitrogens with one attached hydrogen (secondary N) is 2. The van der Waals surface area contributed by atoms with E-state index in [1.807, 2.05) is 48.5 Å². The second-order valence-corrected chi connectivity index (χ2v) is 4.73. The van der Waals surface area contributed by atoms with Crippen molar-refractivity contribution in [1.29, 1.82) is 0 Å². The van der Waals surface area contributed by atoms with E-state index in [0.29, 0.717) is 0 Å². The molecule has 0 aliphatic heterocycles. The molecule has 4 nitrogen and oxygen atoms in total. The van der Waals surface area contributed by atoms with Crippen LogP contribution >= 0.6 is 0 Å². The highest BCUT2D eigenvalue weighted by molar-refractivity contribution is 5.74. The standard InChI is InChI=1S/C16H17N3O/c1-11(17-12-7-9-13(20-2)10-8-12)16-18-14-5-3-4-6-15(14)19-16/h3-11,17H,1-2H3,(H,18,19). The predicted octanol–water partition coefficient (Wildman–Crippen LogP) is 3.74. The molecule has 1 unspecified atom stereocenters. The van der Waals surface area contributed by atoms with Crippen molar-refractivity contribution >= 4 is 16.7 Å². The zero-order valence-electron chi connectivity index (χ0n) is 11.6. The van der Waals surface area contributed by atoms with E-state index in [4.69, 9.17) is 4.74 Å². The molecule has 0 aliphatic carbocycles. The number of benzene rings is 2. The van der Waals surface area contributed by atoms with Gasteiger partial charge >= 0.3 is 0 Å². The molecule has 1 aromatic heterocycles. The zero-order valence-corrected chi connectivity index (χ0v) is 11.6. The first-order valence-corrected chi connectivity index (χ1v) is 6.61. The number of hydrogen-bond acceptors (Lipinski definition) is 3. The van der Waals surface area contributed by atoms with E-state index >= 15 is 0 Å². The monoisotopic (exact) mass is 267 g/mol. The van der Waals surface area contributed by atoms with Crippen molar-refractivity contribution in [3.63, 3.8) is 0 Å². The van der Waals surface area contributed by atoms with Gasteiger partial charge in [-0.15, -0.1) is 0 Å². The van der Waals surface area contributed by atoms with Crippen molar-refractivity contribution in [2.75, 3.05) is 12.4 Å². The minimum Gasteiger partial charge on any atom is -0.497 e. The molecule has 0 radical (unpaired) electrons. The Morgan fingerprint density at radius 2 is 1.85 bits per heavy atom. The summed E-state index contributed by atoms with van der Waals surface area (Å²) in [6, 6.07) is 16.0. The number of ether oxygens (including phenoxy) is 1. The van der Waals surface area contributed by atoms with Crippen molar-refractivity contribution in [1.82, 2.24) is 9.97 Å². The fraction of sp³-hybridized carbons (Fsp3) is 0.188. The number of nitrogens with zero attached hydrogens (tertiary/aromatic N) is 1. The lowest BCUT2D eigenvalue weighted by Gasteiger charge is -2.13. The van der Waals surface area contributed by atoms with Gasteiger partial charge in [0.25, 0.3) is 0 Å². The van der Waals surface area contributed by atoms with E-state index in [0.717, 1.165) is 28.3 Å². The summed E-state index contributed by atoms with van der Waals surface area (Å²) in [5.74, 6) is 1.79. The molecule has 0 fully saturated rings. The SMILES string of the molecule is COc1ccc(NC(C)c2nc3ccccc3[nH]2)cc1. The normalized spacial score (nSPS) is 12.3. The van der Waals surface area contributed by atoms with Crippen LogP contribution in [0.2, 0.25) is 0 Å². The molecule has 0 spiro atoms. The lowest BCUT2D eigenvalue weighted by atomic mass is 10.2. The average molecular weight is 267 g/mol. The molecule has 0 amide bonds. The molecule has 0 bridgehead atoms. The largest absolute Gasteiger partial charge is 0.497 e. The zero-order chi connectivity index (χ0) is 13.9. The summed E-state index contributed by atoms with van der Waals surface area (Å²) in [5, 5.41) is 3.42. The first-order valence-electron chi connectivity index (χ1n) is 6.61. The number of methoxy groups -OCH3 is 1. The summed E-state index contributed by atoms with van der Waals surface area (Å²) < 4.78 is 5.15. The van der Waals surface area contributed by atoms with Gasteiger partial charge in [-0.3, -0.25) is 0 Å². The molecule has 0 saturated heterocycles. The number of anilines is 1. The van der Waals surface area contributed by atoms with Crippen LogP contribution < -0.4 is 10.1 Å². The number of imidazole rings is 1. The third-order valence-corrected chi connectivity index (χ3v) is 3.29. The van der Waals surface area contributed by atoms with Crippen LogP contribution in [-0.2, 0) is 0 Å². The molecule has 102 valence electrons. The molecule has 1 heterocycles. The first-order chi connectivity index (χ1) is 9.76. The fourth-order valence-corrected chi connectivity index (χ4v) is 2.18. The summed E-state index contributed by atoms with van der Waals surface area (Å²) in [7, 11) is 1.67. The molecule has 0 saturated carbocycles. The third kappa shape index (κ3) is 2.45. The number of fused-ring (bicyclic) bond motifs is 1. The number of hydrogen-bond donors (Lipinski definition) is 2. The van der Waals surface area contributed by atoms with Crippen molar-refractivity contribution in [3.05, 3.63) is 54.4 Å². The van der Waals surface area contributed by atoms with E-state index in [-0.39, 0.29) is 6.04 Å². The summed E-state index contributed by atoms with van der Waals surface area (Å²) >= 11 is 0. The maximum absolute atomic E-state index is 5.15. The summed E-state index contributed by atoms with van der Waals surface area (Å²) in [5.41, 5.74) is 3.09. The summed E-state index contributed by atoms with van der Waals surface area (Å²) in [6.07, 6.45) is 0. The van der Waals surface area contributed by atoms with E-state index in [9.17, 15) is 0 Å². The predicted molar refractivity (Wildman–Crippen MR) is 81.1 cm³/mol. The molecular weight excluding hydrogens is 250 g/mol. The molecule has 1 atom stereocenters. The molecule has 2 N–H and O–H groups in total. The van der Waals surface area contributed by atoms with Crippen LogP contribution in [0.3, 0.4) is 0 Å². The fourth-order valence-electron chi connectivity index (χ4n) is 2.18. The van der Waals surface area contributed by atoms with Gasteiger partial charge in [-0.2, -0.15) is 0 Å². The third-order valence-electron chi connectivity index (χ3n) is 3.29. The smallest absolute Gasteiger partial charge is 0.129 e. The highest BCUT2D eigenvalue weighted by Gasteiger charge is 2.10. The van der Waals surface area contributed by atoms with Gasteiger partial charge < -0.3 is 15.0 Å². The Bertz CT molecular complexity index is 670. The Labute approximate surface area is 117 Å². The maximum Gasteiger partial charge on any atom is 0.129 e. The van der Waals surface area contributed by atoms with Crippen LogP contribution in [-0.4, -0.2) is 17.1 Å². The Morgan fingerprint density at radius 3 is 2.55 bits per heavy atom. The van der Waals surface area contributed by atoms with Gasteiger partial charge in [0, 0.05) is 5.69 Å². The second kappa shape index (κ2) is 5.25. The molecule has 0 aliphatic rings. The second-order valence-electron chi connectivity index (χ2n) is 4.73. The van der Waals surface area contributed by atoms with Gasteiger partial charge in [0.05, 0.1) is 24.2 Å². The minimum absolute atomic E-state index is 0.107. The Kier molecular flexibility index (Phi) is 3.29. The van der Waals surface area contributed by atoms with Crippen molar-refractivity contribution < 1.29 is 4.74 Å². The molecule has 3 aromatic rings. The average Bonchev–Trinajstić information content (AvgIpc) is 2.92. The number of rotatable bonds is 4. The summed E-state index contributed by atoms with van der Waals surface area (Å²) in [4.78, 5) is 7.94. The van der Waals surface area contributed by atoms with E-state index < -0.39 is 0 Å². The molecule has 20 heavy (non-hydrogen) atoms. The van der Waals surface area contributed by atoms with Gasteiger partial charge in [0.2, 0.25) is 0 Å². The van der Waals surface area contributed by atoms with E-state index in [2.05, 4.69) is 22.2 Å². The number of aromatic amines is 1. The van der Waals surface area contributed by atoms with Gasteiger partial charge in [0.1, 0.15) is 11.6 Å². The lowest BCUT2D eigenvalue weighted by molar-refractivity contribution is 0.415. The highest BCUT2D eigenvalue weighted by atomic mass is 16.5. The van der Waals surface area contributed by atoms with Crippen LogP contribution in [0.4, 0.5) is 5.69 Å². The Morgan fingerprint density at radius 1 is 1.10 bits per heavy atom. The van der Waals surface area contributed by atoms with Crippen molar-refractivity contribution in [2.24, 2.45) is 0 Å². The van der Waals surface area contributed by atoms with E-state index in [1.54, 1.807) is 7.11 Å². The first kappa shape index (κ1) is 12.5. The number of para-hydroxylation sites is 2. The highest BCUT2D eigenvalue weighted by Crippen LogP contribution is 2.21. The number of H-pyrrole nitrogens is 1. The molecular formula is C16H17N3O. The van der Waals surface area contributed by atoms with Crippen LogP contribution in [0.25, 0.3) is 11.0 Å². The van der Waals surface area contributed by atoms with Crippen LogP contribution in [0.1, 0.15) is 18.8 Å². The topological polar surface area (TPSA) is 49.9 Å². The quantitative estimate of drug-likeness (QED) is 0.757. The van der Waals surface area contributed by atoms with Gasteiger partial charge in [0.15, 0.2) is 0 Å². The Balaban J connectivity index is 1.79. The summed E-state index contributed by atoms with van der Waals surface area (Å²) in [6.45, 7) is 2.09. The van der Waals surface area contributed by atoms with Crippen LogP contribution in [0.5, 0.6) is 5.75 Å². The van der Waals surface area contributed by atoms with Gasteiger partial charge in [-0.05, 0) is 43.3 Å². The van der Waals surface area contributed by atoms with Crippen molar-refractivity contribution in [3.8, 4) is 5.75 Å². The van der Waals surface area contributed by atoms with Gasteiger partial charge in [-0.25, -0.2) is 4.98 Å². The minimum atomic E-state index is 0.107. The van der Waals surface area contributed by atoms with Crippen LogP contribution in [0, 0.1) is 0 Å². The Hall–Kier alpha value is -2.49. The van der Waals surface area contributed by atoms with Crippen molar-refractivity contribution in [2.45, 2.75) is 13.0 Å². The number of aromatic nitrogens is 2. The lowest BCUT2D eigenvalue weighted by Crippen LogP contribution is -2.08. The molecule has 2 aromatic carbocycles. The molecule has 3 rings (SSSR count). The van der Waals surface area contributed by atoms with Gasteiger partial charge in [-0.1, -0.05) is 12.1 Å². The van der Waals surface area contributed by atoms with Crippen LogP contribution in [0.15, 0.2) is 48.5 Å². The maximum atomic E-state index is 5.15. The molecule has 4 heteroatoms.